The van der Waals surface area contributed by atoms with E-state index in [0.717, 1.165) is 16.8 Å². The minimum absolute atomic E-state index is 0.0787. The van der Waals surface area contributed by atoms with Crippen molar-refractivity contribution in [3.05, 3.63) is 65.5 Å². The van der Waals surface area contributed by atoms with Crippen molar-refractivity contribution in [2.45, 2.75) is 46.0 Å². The van der Waals surface area contributed by atoms with Crippen molar-refractivity contribution in [3.8, 4) is 0 Å². The first-order valence-corrected chi connectivity index (χ1v) is 9.56. The van der Waals surface area contributed by atoms with E-state index in [-0.39, 0.29) is 29.5 Å². The van der Waals surface area contributed by atoms with E-state index in [1.54, 1.807) is 17.0 Å². The number of halogens is 1. The second-order valence-electron chi connectivity index (χ2n) is 7.98. The summed E-state index contributed by atoms with van der Waals surface area (Å²) < 4.78 is 13.0. The van der Waals surface area contributed by atoms with E-state index < -0.39 is 0 Å². The number of rotatable bonds is 7. The minimum atomic E-state index is -0.278. The molecule has 4 nitrogen and oxygen atoms in total. The van der Waals surface area contributed by atoms with Gasteiger partial charge in [0, 0.05) is 32.1 Å². The van der Waals surface area contributed by atoms with Crippen LogP contribution in [0.25, 0.3) is 0 Å². The van der Waals surface area contributed by atoms with Gasteiger partial charge >= 0.3 is 0 Å². The molecule has 2 aromatic carbocycles. The molecular weight excluding hydrogens is 355 g/mol. The number of hydrogen-bond acceptors (Lipinski definition) is 2. The normalized spacial score (nSPS) is 11.2. The van der Waals surface area contributed by atoms with Crippen LogP contribution >= 0.6 is 0 Å². The number of anilines is 1. The number of carbonyl (C=O) groups excluding carboxylic acids is 2. The van der Waals surface area contributed by atoms with Gasteiger partial charge in [-0.05, 0) is 41.2 Å². The third-order valence-corrected chi connectivity index (χ3v) is 4.65. The Bertz CT molecular complexity index is 810. The van der Waals surface area contributed by atoms with Crippen molar-refractivity contribution in [1.29, 1.82) is 0 Å². The number of amides is 2. The maximum absolute atomic E-state index is 13.0. The van der Waals surface area contributed by atoms with Gasteiger partial charge in [0.2, 0.25) is 11.8 Å². The zero-order valence-electron chi connectivity index (χ0n) is 17.1. The average molecular weight is 384 g/mol. The van der Waals surface area contributed by atoms with Crippen molar-refractivity contribution in [3.63, 3.8) is 0 Å². The number of nitrogens with zero attached hydrogens (tertiary/aromatic N) is 1. The molecule has 0 aliphatic heterocycles. The summed E-state index contributed by atoms with van der Waals surface area (Å²) in [6.07, 6.45) is 0.843. The summed E-state index contributed by atoms with van der Waals surface area (Å²) in [6, 6.07) is 14.0. The van der Waals surface area contributed by atoms with Gasteiger partial charge in [-0.15, -0.1) is 0 Å². The third-order valence-electron chi connectivity index (χ3n) is 4.65. The highest BCUT2D eigenvalue weighted by Crippen LogP contribution is 2.29. The fraction of sp³-hybridized carbons (Fsp3) is 0.391. The Hall–Kier alpha value is -2.69. The van der Waals surface area contributed by atoms with Crippen LogP contribution in [0, 0.1) is 5.82 Å². The largest absolute Gasteiger partial charge is 0.342 e. The lowest BCUT2D eigenvalue weighted by Gasteiger charge is -2.24. The van der Waals surface area contributed by atoms with Gasteiger partial charge in [-0.25, -0.2) is 4.39 Å². The van der Waals surface area contributed by atoms with Crippen LogP contribution in [-0.4, -0.2) is 29.8 Å². The molecular formula is C23H29FN2O2. The topological polar surface area (TPSA) is 49.4 Å². The Balaban J connectivity index is 1.92. The molecule has 0 fully saturated rings. The molecule has 0 spiro atoms. The summed E-state index contributed by atoms with van der Waals surface area (Å²) in [5, 5.41) is 2.97. The van der Waals surface area contributed by atoms with Gasteiger partial charge in [0.15, 0.2) is 0 Å². The molecule has 5 heteroatoms. The maximum Gasteiger partial charge on any atom is 0.226 e. The molecule has 0 aliphatic carbocycles. The van der Waals surface area contributed by atoms with Gasteiger partial charge in [0.1, 0.15) is 5.82 Å². The predicted molar refractivity (Wildman–Crippen MR) is 111 cm³/mol. The lowest BCUT2D eigenvalue weighted by molar-refractivity contribution is -0.129. The average Bonchev–Trinajstić information content (AvgIpc) is 2.62. The summed E-state index contributed by atoms with van der Waals surface area (Å²) in [4.78, 5) is 26.0. The van der Waals surface area contributed by atoms with Crippen molar-refractivity contribution in [2.24, 2.45) is 0 Å². The van der Waals surface area contributed by atoms with Crippen LogP contribution in [0.15, 0.2) is 48.5 Å². The molecule has 2 amide bonds. The van der Waals surface area contributed by atoms with E-state index in [9.17, 15) is 14.0 Å². The molecule has 2 aromatic rings. The predicted octanol–water partition coefficient (Wildman–Crippen LogP) is 4.54. The minimum Gasteiger partial charge on any atom is -0.342 e. The fourth-order valence-electron chi connectivity index (χ4n) is 3.04. The number of benzene rings is 2. The maximum atomic E-state index is 13.0. The lowest BCUT2D eigenvalue weighted by Crippen LogP contribution is -2.34. The molecule has 0 unspecified atom stereocenters. The van der Waals surface area contributed by atoms with E-state index in [0.29, 0.717) is 19.5 Å². The van der Waals surface area contributed by atoms with Gasteiger partial charge < -0.3 is 10.2 Å². The van der Waals surface area contributed by atoms with Crippen LogP contribution in [0.2, 0.25) is 0 Å². The van der Waals surface area contributed by atoms with Crippen LogP contribution in [0.3, 0.4) is 0 Å². The first kappa shape index (κ1) is 21.6. The molecule has 28 heavy (non-hydrogen) atoms. The Morgan fingerprint density at radius 2 is 1.64 bits per heavy atom. The Kier molecular flexibility index (Phi) is 7.32. The van der Waals surface area contributed by atoms with Crippen LogP contribution < -0.4 is 5.32 Å². The zero-order valence-corrected chi connectivity index (χ0v) is 17.1. The second-order valence-corrected chi connectivity index (χ2v) is 7.98. The van der Waals surface area contributed by atoms with Crippen molar-refractivity contribution in [2.75, 3.05) is 18.4 Å². The molecule has 0 aromatic heterocycles. The first-order valence-electron chi connectivity index (χ1n) is 9.56. The van der Waals surface area contributed by atoms with Gasteiger partial charge in [0.05, 0.1) is 0 Å². The number of para-hydroxylation sites is 1. The lowest BCUT2D eigenvalue weighted by atomic mass is 9.86. The van der Waals surface area contributed by atoms with Gasteiger partial charge in [-0.3, -0.25) is 9.59 Å². The third kappa shape index (κ3) is 6.48. The quantitative estimate of drug-likeness (QED) is 0.762. The highest BCUT2D eigenvalue weighted by molar-refractivity contribution is 5.92. The van der Waals surface area contributed by atoms with E-state index in [4.69, 9.17) is 0 Å². The molecule has 0 aliphatic rings. The summed E-state index contributed by atoms with van der Waals surface area (Å²) in [5.74, 6) is -0.478. The van der Waals surface area contributed by atoms with Crippen LogP contribution in [0.5, 0.6) is 0 Å². The Labute approximate surface area is 166 Å². The van der Waals surface area contributed by atoms with Gasteiger partial charge in [-0.2, -0.15) is 0 Å². The van der Waals surface area contributed by atoms with Crippen LogP contribution in [0.4, 0.5) is 10.1 Å². The van der Waals surface area contributed by atoms with Crippen molar-refractivity contribution in [1.82, 2.24) is 4.90 Å². The molecule has 0 saturated heterocycles. The smallest absolute Gasteiger partial charge is 0.226 e. The first-order chi connectivity index (χ1) is 13.2. The number of nitrogens with one attached hydrogen (secondary N) is 1. The summed E-state index contributed by atoms with van der Waals surface area (Å²) in [7, 11) is 0. The van der Waals surface area contributed by atoms with E-state index in [1.807, 2.05) is 24.3 Å². The number of carbonyl (C=O) groups is 2. The molecule has 0 heterocycles. The van der Waals surface area contributed by atoms with Gasteiger partial charge in [0.25, 0.3) is 0 Å². The second kappa shape index (κ2) is 9.49. The molecule has 0 bridgehead atoms. The van der Waals surface area contributed by atoms with Crippen LogP contribution in [0.1, 0.15) is 45.2 Å². The molecule has 0 radical (unpaired) electrons. The summed E-state index contributed by atoms with van der Waals surface area (Å²) in [5.41, 5.74) is 2.75. The summed E-state index contributed by atoms with van der Waals surface area (Å²) in [6.45, 7) is 8.64. The van der Waals surface area contributed by atoms with Crippen molar-refractivity contribution < 1.29 is 14.0 Å². The van der Waals surface area contributed by atoms with Crippen LogP contribution in [-0.2, 0) is 21.4 Å². The van der Waals surface area contributed by atoms with E-state index in [1.165, 1.54) is 19.1 Å². The zero-order chi connectivity index (χ0) is 20.7. The van der Waals surface area contributed by atoms with Gasteiger partial charge in [-0.1, -0.05) is 51.1 Å². The molecule has 0 saturated carbocycles. The van der Waals surface area contributed by atoms with E-state index in [2.05, 4.69) is 26.1 Å². The molecule has 150 valence electrons. The standard InChI is InChI=1S/C23H29FN2O2/c1-17(27)26(15-13-18-9-11-19(24)12-10-18)16-14-22(28)25-21-8-6-5-7-20(21)23(2,3)4/h5-12H,13-16H2,1-4H3,(H,25,28). The van der Waals surface area contributed by atoms with Crippen molar-refractivity contribution >= 4 is 17.5 Å². The molecule has 0 atom stereocenters. The Morgan fingerprint density at radius 1 is 1.00 bits per heavy atom. The number of hydrogen-bond donors (Lipinski definition) is 1. The SMILES string of the molecule is CC(=O)N(CCC(=O)Nc1ccccc1C(C)(C)C)CCc1ccc(F)cc1. The highest BCUT2D eigenvalue weighted by Gasteiger charge is 2.19. The monoisotopic (exact) mass is 384 g/mol. The molecule has 1 N–H and O–H groups in total. The fourth-order valence-corrected chi connectivity index (χ4v) is 3.04. The summed E-state index contributed by atoms with van der Waals surface area (Å²) >= 11 is 0. The highest BCUT2D eigenvalue weighted by atomic mass is 19.1. The Morgan fingerprint density at radius 3 is 2.25 bits per heavy atom. The molecule has 2 rings (SSSR count). The van der Waals surface area contributed by atoms with E-state index >= 15 is 0 Å².